The van der Waals surface area contributed by atoms with Gasteiger partial charge in [-0.3, -0.25) is 0 Å². The predicted molar refractivity (Wildman–Crippen MR) is 72.1 cm³/mol. The molecule has 2 heterocycles. The zero-order chi connectivity index (χ0) is 14.9. The SMILES string of the molecule is CCc1nc(Cl)c(C)c(N2CCC(C(F)(F)F)CC2)n1. The topological polar surface area (TPSA) is 29.0 Å². The van der Waals surface area contributed by atoms with Crippen LogP contribution in [0.15, 0.2) is 0 Å². The van der Waals surface area contributed by atoms with Gasteiger partial charge in [-0.15, -0.1) is 0 Å². The van der Waals surface area contributed by atoms with Gasteiger partial charge < -0.3 is 4.90 Å². The number of aromatic nitrogens is 2. The minimum atomic E-state index is -4.10. The first-order chi connectivity index (χ1) is 9.32. The second kappa shape index (κ2) is 5.76. The molecule has 2 rings (SSSR count). The Kier molecular flexibility index (Phi) is 4.42. The summed E-state index contributed by atoms with van der Waals surface area (Å²) in [6.45, 7) is 4.41. The van der Waals surface area contributed by atoms with Crippen molar-refractivity contribution < 1.29 is 13.2 Å². The average Bonchev–Trinajstić information content (AvgIpc) is 2.41. The second-order valence-corrected chi connectivity index (χ2v) is 5.39. The molecule has 1 aliphatic rings. The molecule has 0 bridgehead atoms. The fraction of sp³-hybridized carbons (Fsp3) is 0.692. The number of nitrogens with zero attached hydrogens (tertiary/aromatic N) is 3. The number of alkyl halides is 3. The van der Waals surface area contributed by atoms with Gasteiger partial charge in [0.25, 0.3) is 0 Å². The minimum Gasteiger partial charge on any atom is -0.356 e. The van der Waals surface area contributed by atoms with E-state index in [0.717, 1.165) is 5.56 Å². The van der Waals surface area contributed by atoms with Crippen molar-refractivity contribution >= 4 is 17.4 Å². The molecule has 0 atom stereocenters. The number of halogens is 4. The molecule has 0 N–H and O–H groups in total. The Hall–Kier alpha value is -1.04. The predicted octanol–water partition coefficient (Wildman–Crippen LogP) is 3.78. The van der Waals surface area contributed by atoms with E-state index in [4.69, 9.17) is 11.6 Å². The Morgan fingerprint density at radius 1 is 1.25 bits per heavy atom. The van der Waals surface area contributed by atoms with Gasteiger partial charge >= 0.3 is 6.18 Å². The molecule has 0 aliphatic carbocycles. The summed E-state index contributed by atoms with van der Waals surface area (Å²) in [6, 6.07) is 0. The van der Waals surface area contributed by atoms with Crippen LogP contribution in [0.1, 0.15) is 31.2 Å². The molecule has 0 unspecified atom stereocenters. The largest absolute Gasteiger partial charge is 0.391 e. The molecule has 1 aromatic rings. The van der Waals surface area contributed by atoms with E-state index in [1.165, 1.54) is 0 Å². The monoisotopic (exact) mass is 307 g/mol. The van der Waals surface area contributed by atoms with E-state index in [0.29, 0.717) is 36.3 Å². The molecule has 1 saturated heterocycles. The quantitative estimate of drug-likeness (QED) is 0.779. The van der Waals surface area contributed by atoms with Crippen LogP contribution in [0.25, 0.3) is 0 Å². The highest BCUT2D eigenvalue weighted by molar-refractivity contribution is 6.30. The number of hydrogen-bond donors (Lipinski definition) is 0. The van der Waals surface area contributed by atoms with Crippen molar-refractivity contribution in [3.05, 3.63) is 16.5 Å². The summed E-state index contributed by atoms with van der Waals surface area (Å²) < 4.78 is 38.0. The van der Waals surface area contributed by atoms with E-state index >= 15 is 0 Å². The summed E-state index contributed by atoms with van der Waals surface area (Å²) in [7, 11) is 0. The van der Waals surface area contributed by atoms with Crippen molar-refractivity contribution in [3.8, 4) is 0 Å². The fourth-order valence-electron chi connectivity index (χ4n) is 2.41. The molecule has 0 radical (unpaired) electrons. The number of anilines is 1. The molecule has 7 heteroatoms. The van der Waals surface area contributed by atoms with Crippen LogP contribution in [-0.2, 0) is 6.42 Å². The van der Waals surface area contributed by atoms with Gasteiger partial charge in [0.1, 0.15) is 16.8 Å². The molecule has 1 fully saturated rings. The molecule has 1 aromatic heterocycles. The van der Waals surface area contributed by atoms with Crippen LogP contribution >= 0.6 is 11.6 Å². The molecule has 0 aromatic carbocycles. The van der Waals surface area contributed by atoms with E-state index < -0.39 is 12.1 Å². The maximum Gasteiger partial charge on any atom is 0.391 e. The highest BCUT2D eigenvalue weighted by atomic mass is 35.5. The molecule has 0 saturated carbocycles. The van der Waals surface area contributed by atoms with Gasteiger partial charge in [-0.2, -0.15) is 13.2 Å². The first-order valence-electron chi connectivity index (χ1n) is 6.67. The second-order valence-electron chi connectivity index (χ2n) is 5.04. The Morgan fingerprint density at radius 3 is 2.35 bits per heavy atom. The van der Waals surface area contributed by atoms with Crippen LogP contribution in [0.3, 0.4) is 0 Å². The van der Waals surface area contributed by atoms with E-state index in [1.807, 2.05) is 11.8 Å². The highest BCUT2D eigenvalue weighted by Gasteiger charge is 2.41. The highest BCUT2D eigenvalue weighted by Crippen LogP contribution is 2.36. The molecule has 3 nitrogen and oxygen atoms in total. The van der Waals surface area contributed by atoms with Crippen molar-refractivity contribution in [1.29, 1.82) is 0 Å². The normalized spacial score (nSPS) is 17.6. The van der Waals surface area contributed by atoms with Gasteiger partial charge in [-0.1, -0.05) is 18.5 Å². The standard InChI is InChI=1S/C13H17ClF3N3/c1-3-10-18-11(14)8(2)12(19-10)20-6-4-9(5-7-20)13(15,16)17/h9H,3-7H2,1-2H3. The van der Waals surface area contributed by atoms with Crippen molar-refractivity contribution in [2.24, 2.45) is 5.92 Å². The summed E-state index contributed by atoms with van der Waals surface area (Å²) in [4.78, 5) is 10.4. The Bertz CT molecular complexity index is 482. The fourth-order valence-corrected chi connectivity index (χ4v) is 2.59. The van der Waals surface area contributed by atoms with Gasteiger partial charge in [0.05, 0.1) is 5.92 Å². The Labute approximate surface area is 121 Å². The van der Waals surface area contributed by atoms with Crippen LogP contribution in [0.4, 0.5) is 19.0 Å². The van der Waals surface area contributed by atoms with Gasteiger partial charge in [0.15, 0.2) is 0 Å². The molecule has 0 spiro atoms. The van der Waals surface area contributed by atoms with Crippen LogP contribution in [0.5, 0.6) is 0 Å². The summed E-state index contributed by atoms with van der Waals surface area (Å²) >= 11 is 6.06. The zero-order valence-electron chi connectivity index (χ0n) is 11.5. The van der Waals surface area contributed by atoms with Crippen LogP contribution in [-0.4, -0.2) is 29.2 Å². The van der Waals surface area contributed by atoms with Crippen molar-refractivity contribution in [1.82, 2.24) is 9.97 Å². The van der Waals surface area contributed by atoms with Crippen LogP contribution in [0.2, 0.25) is 5.15 Å². The van der Waals surface area contributed by atoms with Gasteiger partial charge in [0, 0.05) is 25.1 Å². The lowest BCUT2D eigenvalue weighted by atomic mass is 9.96. The first kappa shape index (κ1) is 15.4. The maximum atomic E-state index is 12.7. The zero-order valence-corrected chi connectivity index (χ0v) is 12.2. The van der Waals surface area contributed by atoms with Gasteiger partial charge in [0.2, 0.25) is 0 Å². The molecule has 0 amide bonds. The van der Waals surface area contributed by atoms with E-state index in [2.05, 4.69) is 9.97 Å². The first-order valence-corrected chi connectivity index (χ1v) is 7.05. The maximum absolute atomic E-state index is 12.7. The third-order valence-corrected chi connectivity index (χ3v) is 4.05. The number of aryl methyl sites for hydroxylation is 1. The van der Waals surface area contributed by atoms with Crippen molar-refractivity contribution in [2.45, 2.75) is 39.3 Å². The Balaban J connectivity index is 2.16. The van der Waals surface area contributed by atoms with E-state index in [1.54, 1.807) is 6.92 Å². The average molecular weight is 308 g/mol. The minimum absolute atomic E-state index is 0.103. The molecule has 1 aliphatic heterocycles. The number of piperidine rings is 1. The Morgan fingerprint density at radius 2 is 1.85 bits per heavy atom. The van der Waals surface area contributed by atoms with Crippen molar-refractivity contribution in [2.75, 3.05) is 18.0 Å². The summed E-state index contributed by atoms with van der Waals surface area (Å²) in [5.74, 6) is 0.0815. The van der Waals surface area contributed by atoms with Gasteiger partial charge in [-0.25, -0.2) is 9.97 Å². The van der Waals surface area contributed by atoms with Crippen LogP contribution < -0.4 is 4.90 Å². The van der Waals surface area contributed by atoms with Crippen LogP contribution in [0, 0.1) is 12.8 Å². The summed E-state index contributed by atoms with van der Waals surface area (Å²) in [5, 5.41) is 0.379. The molecular weight excluding hydrogens is 291 g/mol. The smallest absolute Gasteiger partial charge is 0.356 e. The third kappa shape index (κ3) is 3.16. The van der Waals surface area contributed by atoms with Gasteiger partial charge in [-0.05, 0) is 19.8 Å². The molecule has 112 valence electrons. The lowest BCUT2D eigenvalue weighted by molar-refractivity contribution is -0.179. The molecule has 20 heavy (non-hydrogen) atoms. The third-order valence-electron chi connectivity index (χ3n) is 3.68. The summed E-state index contributed by atoms with van der Waals surface area (Å²) in [6.07, 6.45) is -3.25. The van der Waals surface area contributed by atoms with E-state index in [9.17, 15) is 13.2 Å². The molecular formula is C13H17ClF3N3. The summed E-state index contributed by atoms with van der Waals surface area (Å²) in [5.41, 5.74) is 0.731. The van der Waals surface area contributed by atoms with Crippen molar-refractivity contribution in [3.63, 3.8) is 0 Å². The lowest BCUT2D eigenvalue weighted by Gasteiger charge is -2.34. The number of rotatable bonds is 2. The lowest BCUT2D eigenvalue weighted by Crippen LogP contribution is -2.39. The van der Waals surface area contributed by atoms with E-state index in [-0.39, 0.29) is 12.8 Å². The number of hydrogen-bond acceptors (Lipinski definition) is 3.